The molecule has 136 valence electrons. The zero-order chi connectivity index (χ0) is 19.4. The highest BCUT2D eigenvalue weighted by Gasteiger charge is 2.13. The van der Waals surface area contributed by atoms with E-state index in [0.29, 0.717) is 15.9 Å². The summed E-state index contributed by atoms with van der Waals surface area (Å²) in [4.78, 5) is 29.2. The number of benzene rings is 2. The Morgan fingerprint density at radius 2 is 1.96 bits per heavy atom. The van der Waals surface area contributed by atoms with Crippen LogP contribution in [0.5, 0.6) is 0 Å². The molecule has 0 fully saturated rings. The Morgan fingerprint density at radius 1 is 1.22 bits per heavy atom. The lowest BCUT2D eigenvalue weighted by molar-refractivity contribution is -0.143. The minimum Gasteiger partial charge on any atom is -0.465 e. The van der Waals surface area contributed by atoms with Crippen molar-refractivity contribution < 1.29 is 14.3 Å². The predicted octanol–water partition coefficient (Wildman–Crippen LogP) is 3.19. The molecule has 0 aliphatic rings. The van der Waals surface area contributed by atoms with Gasteiger partial charge in [0.2, 0.25) is 0 Å². The highest BCUT2D eigenvalue weighted by atomic mass is 32.1. The van der Waals surface area contributed by atoms with E-state index in [-0.39, 0.29) is 19.1 Å². The van der Waals surface area contributed by atoms with Gasteiger partial charge in [-0.15, -0.1) is 0 Å². The fraction of sp³-hybridized carbons (Fsp3) is 0.200. The molecule has 0 bridgehead atoms. The standard InChI is InChI=1S/C20H17N3O3S/c1-3-26-18(24)12-23-16-9-4-13(2)10-17(16)27-20(23)22-19(25)15-7-5-14(11-21)6-8-15/h4-10H,3,12H2,1-2H3. The molecule has 0 radical (unpaired) electrons. The summed E-state index contributed by atoms with van der Waals surface area (Å²) in [6, 6.07) is 14.1. The Labute approximate surface area is 160 Å². The van der Waals surface area contributed by atoms with Crippen LogP contribution < -0.4 is 4.80 Å². The molecule has 1 heterocycles. The number of ether oxygens (including phenoxy) is 1. The predicted molar refractivity (Wildman–Crippen MR) is 102 cm³/mol. The molecule has 0 unspecified atom stereocenters. The second kappa shape index (κ2) is 7.98. The van der Waals surface area contributed by atoms with Crippen molar-refractivity contribution in [2.75, 3.05) is 6.61 Å². The van der Waals surface area contributed by atoms with Gasteiger partial charge in [0.05, 0.1) is 28.5 Å². The molecule has 1 amide bonds. The molecule has 0 N–H and O–H groups in total. The first kappa shape index (κ1) is 18.5. The quantitative estimate of drug-likeness (QED) is 0.652. The lowest BCUT2D eigenvalue weighted by Crippen LogP contribution is -2.23. The molecule has 1 aromatic heterocycles. The van der Waals surface area contributed by atoms with Gasteiger partial charge in [-0.25, -0.2) is 0 Å². The first-order valence-electron chi connectivity index (χ1n) is 8.36. The average molecular weight is 379 g/mol. The second-order valence-corrected chi connectivity index (χ2v) is 6.86. The lowest BCUT2D eigenvalue weighted by atomic mass is 10.1. The van der Waals surface area contributed by atoms with Gasteiger partial charge in [-0.05, 0) is 55.8 Å². The number of thiazole rings is 1. The third-order valence-electron chi connectivity index (χ3n) is 3.89. The summed E-state index contributed by atoms with van der Waals surface area (Å²) in [5, 5.41) is 8.87. The molecule has 2 aromatic carbocycles. The van der Waals surface area contributed by atoms with Crippen molar-refractivity contribution >= 4 is 33.4 Å². The number of carbonyl (C=O) groups excluding carboxylic acids is 2. The average Bonchev–Trinajstić information content (AvgIpc) is 2.98. The van der Waals surface area contributed by atoms with Crippen LogP contribution in [-0.2, 0) is 16.1 Å². The molecular weight excluding hydrogens is 362 g/mol. The third kappa shape index (κ3) is 4.13. The van der Waals surface area contributed by atoms with Gasteiger partial charge in [-0.1, -0.05) is 17.4 Å². The lowest BCUT2D eigenvalue weighted by Gasteiger charge is -2.05. The molecule has 3 rings (SSSR count). The molecule has 0 spiro atoms. The van der Waals surface area contributed by atoms with Crippen molar-refractivity contribution in [3.05, 3.63) is 64.0 Å². The molecule has 0 saturated heterocycles. The molecule has 27 heavy (non-hydrogen) atoms. The van der Waals surface area contributed by atoms with Crippen molar-refractivity contribution in [3.8, 4) is 6.07 Å². The smallest absolute Gasteiger partial charge is 0.326 e. The molecule has 0 aliphatic carbocycles. The summed E-state index contributed by atoms with van der Waals surface area (Å²) in [6.45, 7) is 4.00. The highest BCUT2D eigenvalue weighted by molar-refractivity contribution is 7.16. The van der Waals surface area contributed by atoms with Crippen LogP contribution in [0.4, 0.5) is 0 Å². The summed E-state index contributed by atoms with van der Waals surface area (Å²) in [5.41, 5.74) is 2.76. The zero-order valence-corrected chi connectivity index (χ0v) is 15.7. The number of rotatable bonds is 4. The monoisotopic (exact) mass is 379 g/mol. The van der Waals surface area contributed by atoms with E-state index in [1.54, 1.807) is 35.8 Å². The molecular formula is C20H17N3O3S. The minimum atomic E-state index is -0.430. The van der Waals surface area contributed by atoms with Crippen molar-refractivity contribution in [1.29, 1.82) is 5.26 Å². The van der Waals surface area contributed by atoms with Crippen molar-refractivity contribution in [3.63, 3.8) is 0 Å². The van der Waals surface area contributed by atoms with Crippen LogP contribution in [0.25, 0.3) is 10.2 Å². The summed E-state index contributed by atoms with van der Waals surface area (Å²) in [6.07, 6.45) is 0. The Balaban J connectivity index is 2.07. The van der Waals surface area contributed by atoms with E-state index in [9.17, 15) is 9.59 Å². The van der Waals surface area contributed by atoms with E-state index in [1.165, 1.54) is 11.3 Å². The van der Waals surface area contributed by atoms with Gasteiger partial charge in [0.1, 0.15) is 6.54 Å². The van der Waals surface area contributed by atoms with Crippen LogP contribution in [0.1, 0.15) is 28.4 Å². The maximum absolute atomic E-state index is 12.5. The van der Waals surface area contributed by atoms with Gasteiger partial charge in [-0.2, -0.15) is 10.3 Å². The van der Waals surface area contributed by atoms with E-state index >= 15 is 0 Å². The fourth-order valence-corrected chi connectivity index (χ4v) is 3.72. The Morgan fingerprint density at radius 3 is 2.63 bits per heavy atom. The molecule has 3 aromatic rings. The van der Waals surface area contributed by atoms with Crippen molar-refractivity contribution in [2.24, 2.45) is 4.99 Å². The number of nitrogens with zero attached hydrogens (tertiary/aromatic N) is 3. The topological polar surface area (TPSA) is 84.5 Å². The van der Waals surface area contributed by atoms with E-state index < -0.39 is 5.91 Å². The summed E-state index contributed by atoms with van der Waals surface area (Å²) in [7, 11) is 0. The number of amides is 1. The zero-order valence-electron chi connectivity index (χ0n) is 14.9. The van der Waals surface area contributed by atoms with Gasteiger partial charge in [0.25, 0.3) is 5.91 Å². The van der Waals surface area contributed by atoms with Crippen LogP contribution in [0.3, 0.4) is 0 Å². The number of hydrogen-bond acceptors (Lipinski definition) is 5. The van der Waals surface area contributed by atoms with Gasteiger partial charge in [0.15, 0.2) is 4.80 Å². The first-order chi connectivity index (χ1) is 13.0. The molecule has 0 aliphatic heterocycles. The van der Waals surface area contributed by atoms with Crippen LogP contribution >= 0.6 is 11.3 Å². The second-order valence-electron chi connectivity index (χ2n) is 5.85. The summed E-state index contributed by atoms with van der Waals surface area (Å²) < 4.78 is 7.67. The number of aromatic nitrogens is 1. The van der Waals surface area contributed by atoms with Gasteiger partial charge in [-0.3, -0.25) is 9.59 Å². The number of esters is 1. The van der Waals surface area contributed by atoms with Crippen molar-refractivity contribution in [1.82, 2.24) is 4.57 Å². The van der Waals surface area contributed by atoms with Crippen LogP contribution in [0.15, 0.2) is 47.5 Å². The van der Waals surface area contributed by atoms with E-state index in [0.717, 1.165) is 15.8 Å². The molecule has 7 heteroatoms. The van der Waals surface area contributed by atoms with E-state index in [2.05, 4.69) is 4.99 Å². The molecule has 0 atom stereocenters. The SMILES string of the molecule is CCOC(=O)Cn1c(=NC(=O)c2ccc(C#N)cc2)sc2cc(C)ccc21. The third-order valence-corrected chi connectivity index (χ3v) is 4.93. The Kier molecular flexibility index (Phi) is 5.48. The summed E-state index contributed by atoms with van der Waals surface area (Å²) >= 11 is 1.34. The fourth-order valence-electron chi connectivity index (χ4n) is 2.59. The normalized spacial score (nSPS) is 11.4. The highest BCUT2D eigenvalue weighted by Crippen LogP contribution is 2.19. The van der Waals surface area contributed by atoms with Crippen LogP contribution in [0, 0.1) is 18.3 Å². The number of carbonyl (C=O) groups is 2. The minimum absolute atomic E-state index is 0.0175. The Hall–Kier alpha value is -3.24. The van der Waals surface area contributed by atoms with Gasteiger partial charge >= 0.3 is 5.97 Å². The maximum Gasteiger partial charge on any atom is 0.326 e. The first-order valence-corrected chi connectivity index (χ1v) is 9.18. The van der Waals surface area contributed by atoms with Crippen molar-refractivity contribution in [2.45, 2.75) is 20.4 Å². The van der Waals surface area contributed by atoms with Crippen LogP contribution in [-0.4, -0.2) is 23.1 Å². The van der Waals surface area contributed by atoms with Gasteiger partial charge in [0, 0.05) is 5.56 Å². The largest absolute Gasteiger partial charge is 0.465 e. The summed E-state index contributed by atoms with van der Waals surface area (Å²) in [5.74, 6) is -0.814. The maximum atomic E-state index is 12.5. The Bertz CT molecular complexity index is 1120. The van der Waals surface area contributed by atoms with Crippen LogP contribution in [0.2, 0.25) is 0 Å². The van der Waals surface area contributed by atoms with Gasteiger partial charge < -0.3 is 9.30 Å². The van der Waals surface area contributed by atoms with E-state index in [1.807, 2.05) is 31.2 Å². The number of fused-ring (bicyclic) bond motifs is 1. The van der Waals surface area contributed by atoms with E-state index in [4.69, 9.17) is 10.00 Å². The number of aryl methyl sites for hydroxylation is 1. The number of nitriles is 1. The molecule has 6 nitrogen and oxygen atoms in total. The molecule has 0 saturated carbocycles. The number of hydrogen-bond donors (Lipinski definition) is 0.